The maximum atomic E-state index is 13.7. The van der Waals surface area contributed by atoms with Gasteiger partial charge in [-0.15, -0.1) is 0 Å². The summed E-state index contributed by atoms with van der Waals surface area (Å²) < 4.78 is 40.4. The van der Waals surface area contributed by atoms with Crippen molar-refractivity contribution in [3.8, 4) is 5.75 Å². The smallest absolute Gasteiger partial charge is 0.409 e. The second-order valence-electron chi connectivity index (χ2n) is 9.56. The Bertz CT molecular complexity index is 1470. The number of hydrogen-bond acceptors (Lipinski definition) is 7. The van der Waals surface area contributed by atoms with Gasteiger partial charge in [-0.05, 0) is 80.4 Å². The molecule has 0 atom stereocenters. The monoisotopic (exact) mass is 614 g/mol. The van der Waals surface area contributed by atoms with E-state index < -0.39 is 16.1 Å². The molecule has 0 aromatic heterocycles. The third-order valence-electron chi connectivity index (χ3n) is 6.67. The van der Waals surface area contributed by atoms with E-state index in [9.17, 15) is 18.0 Å². The van der Waals surface area contributed by atoms with Crippen LogP contribution in [-0.2, 0) is 21.2 Å². The van der Waals surface area contributed by atoms with E-state index in [0.717, 1.165) is 5.56 Å². The Morgan fingerprint density at radius 2 is 1.55 bits per heavy atom. The van der Waals surface area contributed by atoms with E-state index in [1.54, 1.807) is 65.3 Å². The molecule has 4 rings (SSSR count). The van der Waals surface area contributed by atoms with Crippen LogP contribution in [0, 0.1) is 0 Å². The molecule has 1 heterocycles. The minimum absolute atomic E-state index is 0.0523. The van der Waals surface area contributed by atoms with Crippen molar-refractivity contribution in [2.45, 2.75) is 25.2 Å². The predicted molar refractivity (Wildman–Crippen MR) is 163 cm³/mol. The number of sulfonamides is 1. The molecule has 10 nitrogen and oxygen atoms in total. The first kappa shape index (κ1) is 31.0. The third-order valence-corrected chi connectivity index (χ3v) is 8.34. The maximum Gasteiger partial charge on any atom is 0.409 e. The van der Waals surface area contributed by atoms with Gasteiger partial charge in [-0.25, -0.2) is 13.2 Å². The predicted octanol–water partition coefficient (Wildman–Crippen LogP) is 5.11. The van der Waals surface area contributed by atoms with Crippen molar-refractivity contribution < 1.29 is 27.5 Å². The Kier molecular flexibility index (Phi) is 10.5. The van der Waals surface area contributed by atoms with E-state index in [0.29, 0.717) is 67.9 Å². The Balaban J connectivity index is 1.55. The van der Waals surface area contributed by atoms with Gasteiger partial charge in [-0.3, -0.25) is 9.52 Å². The lowest BCUT2D eigenvalue weighted by Gasteiger charge is -2.34. The highest BCUT2D eigenvalue weighted by atomic mass is 35.5. The van der Waals surface area contributed by atoms with Gasteiger partial charge in [0, 0.05) is 49.0 Å². The van der Waals surface area contributed by atoms with Gasteiger partial charge in [-0.2, -0.15) is 0 Å². The van der Waals surface area contributed by atoms with Crippen LogP contribution in [0.1, 0.15) is 29.8 Å². The second kappa shape index (κ2) is 14.3. The summed E-state index contributed by atoms with van der Waals surface area (Å²) in [5.41, 5.74) is 2.00. The summed E-state index contributed by atoms with van der Waals surface area (Å²) >= 11 is 5.98. The first-order valence-corrected chi connectivity index (χ1v) is 15.6. The van der Waals surface area contributed by atoms with Crippen LogP contribution in [0.5, 0.6) is 5.75 Å². The largest absolute Gasteiger partial charge is 0.494 e. The quantitative estimate of drug-likeness (QED) is 0.308. The molecule has 0 unspecified atom stereocenters. The van der Waals surface area contributed by atoms with Gasteiger partial charge in [0.05, 0.1) is 18.9 Å². The molecule has 0 spiro atoms. The summed E-state index contributed by atoms with van der Waals surface area (Å²) in [5, 5.41) is 3.86. The molecule has 1 aliphatic heterocycles. The van der Waals surface area contributed by atoms with Crippen molar-refractivity contribution in [1.29, 1.82) is 0 Å². The van der Waals surface area contributed by atoms with E-state index in [-0.39, 0.29) is 23.0 Å². The normalized spacial score (nSPS) is 13.4. The number of nitrogens with one attached hydrogen (secondary N) is 2. The lowest BCUT2D eigenvalue weighted by atomic mass is 10.1. The number of carbonyl (C=O) groups excluding carboxylic acids is 2. The van der Waals surface area contributed by atoms with Gasteiger partial charge in [0.15, 0.2) is 0 Å². The number of anilines is 2. The Morgan fingerprint density at radius 3 is 2.19 bits per heavy atom. The fraction of sp³-hybridized carbons (Fsp3) is 0.333. The van der Waals surface area contributed by atoms with Crippen molar-refractivity contribution in [2.75, 3.05) is 56.0 Å². The fourth-order valence-corrected chi connectivity index (χ4v) is 5.90. The molecule has 0 aliphatic carbocycles. The maximum absolute atomic E-state index is 13.7. The van der Waals surface area contributed by atoms with Crippen molar-refractivity contribution >= 4 is 45.0 Å². The van der Waals surface area contributed by atoms with Crippen LogP contribution >= 0.6 is 11.6 Å². The minimum atomic E-state index is -4.09. The number of amides is 2. The topological polar surface area (TPSA) is 117 Å². The molecule has 224 valence electrons. The number of rotatable bonds is 11. The highest BCUT2D eigenvalue weighted by Crippen LogP contribution is 2.27. The summed E-state index contributed by atoms with van der Waals surface area (Å²) in [4.78, 5) is 28.6. The van der Waals surface area contributed by atoms with Crippen molar-refractivity contribution in [3.05, 3.63) is 82.9 Å². The number of piperazine rings is 1. The number of nitrogens with zero attached hydrogens (tertiary/aromatic N) is 2. The molecule has 2 N–H and O–H groups in total. The van der Waals surface area contributed by atoms with Crippen LogP contribution in [0.2, 0.25) is 5.02 Å². The zero-order valence-corrected chi connectivity index (χ0v) is 25.2. The van der Waals surface area contributed by atoms with Gasteiger partial charge in [0.2, 0.25) is 0 Å². The Labute approximate surface area is 251 Å². The summed E-state index contributed by atoms with van der Waals surface area (Å²) in [6.45, 7) is 6.12. The van der Waals surface area contributed by atoms with Crippen molar-refractivity contribution in [2.24, 2.45) is 0 Å². The Morgan fingerprint density at radius 1 is 0.881 bits per heavy atom. The molecule has 0 saturated carbocycles. The van der Waals surface area contributed by atoms with Gasteiger partial charge < -0.3 is 24.6 Å². The van der Waals surface area contributed by atoms with E-state index in [2.05, 4.69) is 10.0 Å². The zero-order chi connectivity index (χ0) is 30.1. The molecule has 3 aromatic rings. The second-order valence-corrected chi connectivity index (χ2v) is 11.6. The van der Waals surface area contributed by atoms with E-state index >= 15 is 0 Å². The van der Waals surface area contributed by atoms with Gasteiger partial charge in [0.25, 0.3) is 15.9 Å². The molecule has 2 amide bonds. The SMILES string of the molecule is CCOC(=O)N1CCN(C(=O)c2ccc(NCCc3ccc(Cl)cc3)c(S(=O)(=O)Nc3ccc(OCC)cc3)c2)CC1. The summed E-state index contributed by atoms with van der Waals surface area (Å²) in [5.74, 6) is 0.310. The first-order valence-electron chi connectivity index (χ1n) is 13.8. The molecule has 1 fully saturated rings. The van der Waals surface area contributed by atoms with E-state index in [4.69, 9.17) is 21.1 Å². The summed E-state index contributed by atoms with van der Waals surface area (Å²) in [6.07, 6.45) is 0.223. The minimum Gasteiger partial charge on any atom is -0.494 e. The summed E-state index contributed by atoms with van der Waals surface area (Å²) in [7, 11) is -4.09. The molecule has 12 heteroatoms. The van der Waals surface area contributed by atoms with E-state index in [1.165, 1.54) is 6.07 Å². The lowest BCUT2D eigenvalue weighted by Crippen LogP contribution is -2.50. The molecule has 1 aliphatic rings. The zero-order valence-electron chi connectivity index (χ0n) is 23.6. The van der Waals surface area contributed by atoms with Gasteiger partial charge >= 0.3 is 6.09 Å². The van der Waals surface area contributed by atoms with Crippen molar-refractivity contribution in [1.82, 2.24) is 9.80 Å². The molecular weight excluding hydrogens is 580 g/mol. The molecule has 0 radical (unpaired) electrons. The van der Waals surface area contributed by atoms with Crippen LogP contribution in [0.4, 0.5) is 16.2 Å². The molecule has 3 aromatic carbocycles. The van der Waals surface area contributed by atoms with Crippen LogP contribution in [-0.4, -0.2) is 76.2 Å². The van der Waals surface area contributed by atoms with Crippen LogP contribution in [0.3, 0.4) is 0 Å². The van der Waals surface area contributed by atoms with Crippen LogP contribution in [0.15, 0.2) is 71.6 Å². The lowest BCUT2D eigenvalue weighted by molar-refractivity contribution is 0.0570. The van der Waals surface area contributed by atoms with E-state index in [1.807, 2.05) is 19.1 Å². The summed E-state index contributed by atoms with van der Waals surface area (Å²) in [6, 6.07) is 18.7. The van der Waals surface area contributed by atoms with Crippen LogP contribution < -0.4 is 14.8 Å². The van der Waals surface area contributed by atoms with Gasteiger partial charge in [0.1, 0.15) is 10.6 Å². The fourth-order valence-electron chi connectivity index (χ4n) is 4.50. The number of halogens is 1. The number of hydrogen-bond donors (Lipinski definition) is 2. The standard InChI is InChI=1S/C30H35ClN4O6S/c1-3-40-26-12-10-25(11-13-26)33-42(38,39)28-21-23(29(36)34-17-19-35(20-18-34)30(37)41-4-2)7-14-27(28)32-16-15-22-5-8-24(31)9-6-22/h5-14,21,32-33H,3-4,15-20H2,1-2H3. The third kappa shape index (κ3) is 8.07. The molecule has 42 heavy (non-hydrogen) atoms. The number of ether oxygens (including phenoxy) is 2. The average molecular weight is 615 g/mol. The van der Waals surface area contributed by atoms with Gasteiger partial charge in [-0.1, -0.05) is 23.7 Å². The molecule has 0 bridgehead atoms. The van der Waals surface area contributed by atoms with Crippen LogP contribution in [0.25, 0.3) is 0 Å². The Hall–Kier alpha value is -3.96. The number of benzene rings is 3. The molecule has 1 saturated heterocycles. The van der Waals surface area contributed by atoms with Crippen molar-refractivity contribution in [3.63, 3.8) is 0 Å². The molecular formula is C30H35ClN4O6S. The first-order chi connectivity index (χ1) is 20.2. The highest BCUT2D eigenvalue weighted by molar-refractivity contribution is 7.92. The number of carbonyl (C=O) groups is 2. The highest BCUT2D eigenvalue weighted by Gasteiger charge is 2.27. The average Bonchev–Trinajstić information content (AvgIpc) is 2.99.